The maximum absolute atomic E-state index is 12.4. The number of nitrogens with one attached hydrogen (secondary N) is 1. The van der Waals surface area contributed by atoms with Crippen molar-refractivity contribution in [1.29, 1.82) is 0 Å². The molecule has 0 radical (unpaired) electrons. The Morgan fingerprint density at radius 3 is 2.11 bits per heavy atom. The van der Waals surface area contributed by atoms with Crippen LogP contribution in [0.3, 0.4) is 0 Å². The van der Waals surface area contributed by atoms with Crippen LogP contribution in [0.1, 0.15) is 35.7 Å². The van der Waals surface area contributed by atoms with Gasteiger partial charge in [-0.15, -0.1) is 0 Å². The lowest BCUT2D eigenvalue weighted by Crippen LogP contribution is -2.22. The summed E-state index contributed by atoms with van der Waals surface area (Å²) in [6, 6.07) is 10.8. The van der Waals surface area contributed by atoms with Crippen LogP contribution in [0.2, 0.25) is 0 Å². The Kier molecular flexibility index (Phi) is 7.79. The monoisotopic (exact) mass is 373 g/mol. The van der Waals surface area contributed by atoms with Crippen LogP contribution in [0.5, 0.6) is 23.0 Å². The second kappa shape index (κ2) is 10.3. The van der Waals surface area contributed by atoms with Crippen LogP contribution in [0.25, 0.3) is 0 Å². The first-order valence-electron chi connectivity index (χ1n) is 8.92. The van der Waals surface area contributed by atoms with E-state index in [1.807, 2.05) is 24.3 Å². The van der Waals surface area contributed by atoms with Crippen molar-refractivity contribution in [2.45, 2.75) is 26.3 Å². The third kappa shape index (κ3) is 5.54. The third-order valence-electron chi connectivity index (χ3n) is 4.06. The first-order valence-corrected chi connectivity index (χ1v) is 8.92. The highest BCUT2D eigenvalue weighted by molar-refractivity contribution is 5.94. The zero-order valence-electron chi connectivity index (χ0n) is 16.3. The number of methoxy groups -OCH3 is 3. The minimum absolute atomic E-state index is 0.163. The summed E-state index contributed by atoms with van der Waals surface area (Å²) in [7, 11) is 4.67. The Morgan fingerprint density at radius 1 is 0.963 bits per heavy atom. The van der Waals surface area contributed by atoms with E-state index in [1.54, 1.807) is 33.5 Å². The number of carbonyl (C=O) groups excluding carboxylic acids is 1. The molecule has 0 aliphatic carbocycles. The molecule has 27 heavy (non-hydrogen) atoms. The molecule has 1 N–H and O–H groups in total. The predicted molar refractivity (Wildman–Crippen MR) is 104 cm³/mol. The molecule has 2 aromatic rings. The molecule has 1 amide bonds. The Bertz CT molecular complexity index is 718. The molecule has 0 aliphatic rings. The molecule has 2 aromatic carbocycles. The summed E-state index contributed by atoms with van der Waals surface area (Å²) in [5.41, 5.74) is 1.42. The van der Waals surface area contributed by atoms with Crippen LogP contribution in [0, 0.1) is 0 Å². The van der Waals surface area contributed by atoms with Crippen molar-refractivity contribution in [3.8, 4) is 23.0 Å². The molecule has 0 aliphatic heterocycles. The zero-order valence-corrected chi connectivity index (χ0v) is 16.3. The maximum atomic E-state index is 12.4. The molecule has 0 atom stereocenters. The standard InChI is InChI=1S/C21H27NO5/c1-5-6-11-27-17-9-7-16(8-10-17)21(23)22-14-15-12-18(24-2)20(26-4)19(13-15)25-3/h7-10,12-13H,5-6,11,14H2,1-4H3,(H,22,23). The fourth-order valence-corrected chi connectivity index (χ4v) is 2.56. The number of amides is 1. The first-order chi connectivity index (χ1) is 13.1. The molecule has 2 rings (SSSR count). The Labute approximate surface area is 160 Å². The maximum Gasteiger partial charge on any atom is 0.251 e. The summed E-state index contributed by atoms with van der Waals surface area (Å²) in [4.78, 5) is 12.4. The molecule has 146 valence electrons. The topological polar surface area (TPSA) is 66.0 Å². The molecule has 6 nitrogen and oxygen atoms in total. The lowest BCUT2D eigenvalue weighted by Gasteiger charge is -2.14. The van der Waals surface area contributed by atoms with Gasteiger partial charge in [0, 0.05) is 12.1 Å². The highest BCUT2D eigenvalue weighted by Gasteiger charge is 2.14. The van der Waals surface area contributed by atoms with E-state index >= 15 is 0 Å². The van der Waals surface area contributed by atoms with Gasteiger partial charge in [-0.05, 0) is 48.4 Å². The third-order valence-corrected chi connectivity index (χ3v) is 4.06. The SMILES string of the molecule is CCCCOc1ccc(C(=O)NCc2cc(OC)c(OC)c(OC)c2)cc1. The number of hydrogen-bond donors (Lipinski definition) is 1. The zero-order chi connectivity index (χ0) is 19.6. The quantitative estimate of drug-likeness (QED) is 0.641. The first kappa shape index (κ1) is 20.4. The van der Waals surface area contributed by atoms with Crippen molar-refractivity contribution in [2.24, 2.45) is 0 Å². The fourth-order valence-electron chi connectivity index (χ4n) is 2.56. The summed E-state index contributed by atoms with van der Waals surface area (Å²) >= 11 is 0. The Balaban J connectivity index is 2.00. The van der Waals surface area contributed by atoms with Crippen molar-refractivity contribution < 1.29 is 23.7 Å². The van der Waals surface area contributed by atoms with E-state index in [-0.39, 0.29) is 5.91 Å². The fraction of sp³-hybridized carbons (Fsp3) is 0.381. The Morgan fingerprint density at radius 2 is 1.59 bits per heavy atom. The van der Waals surface area contributed by atoms with E-state index in [4.69, 9.17) is 18.9 Å². The normalized spacial score (nSPS) is 10.2. The second-order valence-corrected chi connectivity index (χ2v) is 5.94. The van der Waals surface area contributed by atoms with Crippen LogP contribution in [0.15, 0.2) is 36.4 Å². The van der Waals surface area contributed by atoms with Gasteiger partial charge in [-0.2, -0.15) is 0 Å². The van der Waals surface area contributed by atoms with Gasteiger partial charge >= 0.3 is 0 Å². The van der Waals surface area contributed by atoms with Crippen molar-refractivity contribution in [2.75, 3.05) is 27.9 Å². The van der Waals surface area contributed by atoms with Crippen molar-refractivity contribution >= 4 is 5.91 Å². The van der Waals surface area contributed by atoms with E-state index in [1.165, 1.54) is 0 Å². The number of carbonyl (C=O) groups is 1. The second-order valence-electron chi connectivity index (χ2n) is 5.94. The van der Waals surface area contributed by atoms with Crippen LogP contribution in [-0.2, 0) is 6.54 Å². The largest absolute Gasteiger partial charge is 0.494 e. The molecule has 0 fully saturated rings. The minimum Gasteiger partial charge on any atom is -0.494 e. The molecule has 0 unspecified atom stereocenters. The molecule has 6 heteroatoms. The summed E-state index contributed by atoms with van der Waals surface area (Å²) in [6.07, 6.45) is 2.10. The molecule has 0 heterocycles. The van der Waals surface area contributed by atoms with E-state index < -0.39 is 0 Å². The lowest BCUT2D eigenvalue weighted by atomic mass is 10.1. The molecular weight excluding hydrogens is 346 g/mol. The molecular formula is C21H27NO5. The minimum atomic E-state index is -0.163. The van der Waals surface area contributed by atoms with E-state index in [9.17, 15) is 4.79 Å². The average Bonchev–Trinajstić information content (AvgIpc) is 2.71. The van der Waals surface area contributed by atoms with E-state index in [0.717, 1.165) is 24.2 Å². The van der Waals surface area contributed by atoms with Crippen LogP contribution >= 0.6 is 0 Å². The van der Waals surface area contributed by atoms with E-state index in [2.05, 4.69) is 12.2 Å². The molecule has 0 spiro atoms. The molecule has 0 bridgehead atoms. The number of benzene rings is 2. The van der Waals surface area contributed by atoms with Gasteiger partial charge < -0.3 is 24.3 Å². The lowest BCUT2D eigenvalue weighted by molar-refractivity contribution is 0.0950. The van der Waals surface area contributed by atoms with Gasteiger partial charge in [0.25, 0.3) is 5.91 Å². The summed E-state index contributed by atoms with van der Waals surface area (Å²) in [5.74, 6) is 2.23. The number of rotatable bonds is 10. The summed E-state index contributed by atoms with van der Waals surface area (Å²) in [5, 5.41) is 2.90. The van der Waals surface area contributed by atoms with Gasteiger partial charge in [-0.3, -0.25) is 4.79 Å². The summed E-state index contributed by atoms with van der Waals surface area (Å²) in [6.45, 7) is 3.14. The van der Waals surface area contributed by atoms with Gasteiger partial charge in [0.2, 0.25) is 5.75 Å². The molecule has 0 aromatic heterocycles. The van der Waals surface area contributed by atoms with Gasteiger partial charge in [0.15, 0.2) is 11.5 Å². The molecule has 0 saturated carbocycles. The molecule has 0 saturated heterocycles. The van der Waals surface area contributed by atoms with Gasteiger partial charge in [-0.25, -0.2) is 0 Å². The predicted octanol–water partition coefficient (Wildman–Crippen LogP) is 3.82. The average molecular weight is 373 g/mol. The van der Waals surface area contributed by atoms with Gasteiger partial charge in [0.1, 0.15) is 5.75 Å². The summed E-state index contributed by atoms with van der Waals surface area (Å²) < 4.78 is 21.6. The van der Waals surface area contributed by atoms with Crippen LogP contribution in [-0.4, -0.2) is 33.8 Å². The highest BCUT2D eigenvalue weighted by Crippen LogP contribution is 2.38. The van der Waals surface area contributed by atoms with Gasteiger partial charge in [-0.1, -0.05) is 13.3 Å². The number of unbranched alkanes of at least 4 members (excludes halogenated alkanes) is 1. The van der Waals surface area contributed by atoms with Gasteiger partial charge in [0.05, 0.1) is 27.9 Å². The van der Waals surface area contributed by atoms with E-state index in [0.29, 0.717) is 36.0 Å². The van der Waals surface area contributed by atoms with Crippen molar-refractivity contribution in [3.63, 3.8) is 0 Å². The highest BCUT2D eigenvalue weighted by atomic mass is 16.5. The van der Waals surface area contributed by atoms with Crippen LogP contribution < -0.4 is 24.3 Å². The smallest absolute Gasteiger partial charge is 0.251 e. The Hall–Kier alpha value is -2.89. The number of hydrogen-bond acceptors (Lipinski definition) is 5. The number of ether oxygens (including phenoxy) is 4. The van der Waals surface area contributed by atoms with Crippen LogP contribution in [0.4, 0.5) is 0 Å². The van der Waals surface area contributed by atoms with Crippen molar-refractivity contribution in [1.82, 2.24) is 5.32 Å². The van der Waals surface area contributed by atoms with Crippen molar-refractivity contribution in [3.05, 3.63) is 47.5 Å².